The van der Waals surface area contributed by atoms with Crippen LogP contribution in [0.1, 0.15) is 52.9 Å². The summed E-state index contributed by atoms with van der Waals surface area (Å²) in [6, 6.07) is 0.824. The van der Waals surface area contributed by atoms with Crippen LogP contribution in [-0.2, 0) is 0 Å². The molecule has 0 saturated heterocycles. The molecule has 2 heteroatoms. The van der Waals surface area contributed by atoms with E-state index in [9.17, 15) is 0 Å². The fourth-order valence-corrected chi connectivity index (χ4v) is 3.72. The van der Waals surface area contributed by atoms with Crippen LogP contribution >= 0.6 is 0 Å². The summed E-state index contributed by atoms with van der Waals surface area (Å²) >= 11 is 0. The van der Waals surface area contributed by atoms with E-state index in [1.165, 1.54) is 32.1 Å². The van der Waals surface area contributed by atoms with Crippen molar-refractivity contribution in [2.45, 2.75) is 77.0 Å². The van der Waals surface area contributed by atoms with Gasteiger partial charge in [-0.1, -0.05) is 53.1 Å². The number of hydrogen-bond donors (Lipinski definition) is 1. The van der Waals surface area contributed by atoms with Crippen LogP contribution in [0.2, 0.25) is 18.1 Å². The first-order valence-corrected chi connectivity index (χ1v) is 9.11. The van der Waals surface area contributed by atoms with Gasteiger partial charge in [0.25, 0.3) is 0 Å². The Morgan fingerprint density at radius 3 is 1.93 bits per heavy atom. The number of hydrogen-bond acceptors (Lipinski definition) is 1. The molecule has 0 amide bonds. The van der Waals surface area contributed by atoms with Crippen molar-refractivity contribution >= 4 is 8.24 Å². The minimum absolute atomic E-state index is 0.477. The lowest BCUT2D eigenvalue weighted by molar-refractivity contribution is 0.409. The second-order valence-corrected chi connectivity index (χ2v) is 11.4. The predicted molar refractivity (Wildman–Crippen MR) is 67.2 cm³/mol. The Bertz CT molecular complexity index is 175. The Labute approximate surface area is 90.8 Å². The monoisotopic (exact) mass is 213 g/mol. The molecular weight excluding hydrogens is 186 g/mol. The van der Waals surface area contributed by atoms with Crippen molar-refractivity contribution in [3.8, 4) is 0 Å². The van der Waals surface area contributed by atoms with E-state index >= 15 is 0 Å². The normalized spacial score (nSPS) is 21.2. The summed E-state index contributed by atoms with van der Waals surface area (Å²) < 4.78 is 0. The van der Waals surface area contributed by atoms with E-state index in [1.54, 1.807) is 0 Å². The van der Waals surface area contributed by atoms with E-state index in [2.05, 4.69) is 38.8 Å². The summed E-state index contributed by atoms with van der Waals surface area (Å²) in [5.74, 6) is 0. The van der Waals surface area contributed by atoms with E-state index < -0.39 is 8.24 Å². The zero-order valence-electron chi connectivity index (χ0n) is 10.6. The smallest absolute Gasteiger partial charge is 0.125 e. The SMILES string of the molecule is CC(C)(C)[Si](C)(C)NC1CCCCC1. The summed E-state index contributed by atoms with van der Waals surface area (Å²) in [5.41, 5.74) is 0. The van der Waals surface area contributed by atoms with Crippen LogP contribution in [0.4, 0.5) is 0 Å². The van der Waals surface area contributed by atoms with Crippen LogP contribution in [0.15, 0.2) is 0 Å². The van der Waals surface area contributed by atoms with Gasteiger partial charge >= 0.3 is 0 Å². The lowest BCUT2D eigenvalue weighted by Gasteiger charge is -2.41. The van der Waals surface area contributed by atoms with Gasteiger partial charge in [0, 0.05) is 6.04 Å². The van der Waals surface area contributed by atoms with Gasteiger partial charge in [-0.05, 0) is 17.9 Å². The summed E-state index contributed by atoms with van der Waals surface area (Å²) in [6.07, 6.45) is 7.15. The molecule has 1 aliphatic carbocycles. The first-order valence-electron chi connectivity index (χ1n) is 6.11. The molecular formula is C12H27NSi. The lowest BCUT2D eigenvalue weighted by Crippen LogP contribution is -2.56. The molecule has 1 fully saturated rings. The molecule has 0 aromatic heterocycles. The van der Waals surface area contributed by atoms with Gasteiger partial charge in [0.15, 0.2) is 0 Å². The number of rotatable bonds is 2. The molecule has 0 radical (unpaired) electrons. The molecule has 84 valence electrons. The fourth-order valence-electron chi connectivity index (χ4n) is 1.97. The van der Waals surface area contributed by atoms with Gasteiger partial charge in [-0.15, -0.1) is 0 Å². The standard InChI is InChI=1S/C12H27NSi/c1-12(2,3)14(4,5)13-11-9-7-6-8-10-11/h11,13H,6-10H2,1-5H3. The molecule has 0 aromatic rings. The van der Waals surface area contributed by atoms with Crippen LogP contribution in [0.25, 0.3) is 0 Å². The van der Waals surface area contributed by atoms with Gasteiger partial charge in [0.05, 0.1) is 0 Å². The molecule has 0 bridgehead atoms. The van der Waals surface area contributed by atoms with Crippen molar-refractivity contribution in [2.24, 2.45) is 0 Å². The van der Waals surface area contributed by atoms with Crippen molar-refractivity contribution in [3.05, 3.63) is 0 Å². The average molecular weight is 213 g/mol. The van der Waals surface area contributed by atoms with E-state index in [0.717, 1.165) is 6.04 Å². The highest BCUT2D eigenvalue weighted by atomic mass is 28.3. The van der Waals surface area contributed by atoms with E-state index in [1.807, 2.05) is 0 Å². The van der Waals surface area contributed by atoms with Crippen molar-refractivity contribution in [2.75, 3.05) is 0 Å². The Morgan fingerprint density at radius 1 is 1.00 bits per heavy atom. The Morgan fingerprint density at radius 2 is 1.50 bits per heavy atom. The molecule has 0 aliphatic heterocycles. The summed E-state index contributed by atoms with van der Waals surface area (Å²) in [6.45, 7) is 12.1. The molecule has 1 rings (SSSR count). The number of nitrogens with one attached hydrogen (secondary N) is 1. The third kappa shape index (κ3) is 3.09. The molecule has 1 nitrogen and oxygen atoms in total. The second-order valence-electron chi connectivity index (χ2n) is 6.35. The Kier molecular flexibility index (Phi) is 3.81. The second kappa shape index (κ2) is 4.36. The van der Waals surface area contributed by atoms with Crippen LogP contribution in [0, 0.1) is 0 Å². The zero-order valence-corrected chi connectivity index (χ0v) is 11.6. The molecule has 1 saturated carbocycles. The van der Waals surface area contributed by atoms with Crippen LogP contribution < -0.4 is 4.98 Å². The third-order valence-corrected chi connectivity index (χ3v) is 8.93. The van der Waals surface area contributed by atoms with E-state index in [4.69, 9.17) is 0 Å². The molecule has 0 unspecified atom stereocenters. The van der Waals surface area contributed by atoms with Crippen LogP contribution in [0.3, 0.4) is 0 Å². The topological polar surface area (TPSA) is 12.0 Å². The minimum Gasteiger partial charge on any atom is -0.334 e. The van der Waals surface area contributed by atoms with Crippen molar-refractivity contribution in [3.63, 3.8) is 0 Å². The Balaban J connectivity index is 2.49. The van der Waals surface area contributed by atoms with Crippen molar-refractivity contribution in [1.29, 1.82) is 0 Å². The van der Waals surface area contributed by atoms with E-state index in [0.29, 0.717) is 5.04 Å². The molecule has 0 spiro atoms. The van der Waals surface area contributed by atoms with Gasteiger partial charge in [0.2, 0.25) is 0 Å². The van der Waals surface area contributed by atoms with Gasteiger partial charge < -0.3 is 4.98 Å². The van der Waals surface area contributed by atoms with Gasteiger partial charge in [-0.25, -0.2) is 0 Å². The first-order chi connectivity index (χ1) is 6.33. The summed E-state index contributed by atoms with van der Waals surface area (Å²) in [4.78, 5) is 3.97. The third-order valence-electron chi connectivity index (χ3n) is 4.05. The molecule has 0 aromatic carbocycles. The molecule has 0 heterocycles. The average Bonchev–Trinajstić information content (AvgIpc) is 2.03. The van der Waals surface area contributed by atoms with Crippen LogP contribution in [0.5, 0.6) is 0 Å². The largest absolute Gasteiger partial charge is 0.334 e. The molecule has 0 atom stereocenters. The molecule has 1 N–H and O–H groups in total. The minimum atomic E-state index is -1.24. The summed E-state index contributed by atoms with van der Waals surface area (Å²) in [5, 5.41) is 0.477. The predicted octanol–water partition coefficient (Wildman–Crippen LogP) is 3.91. The van der Waals surface area contributed by atoms with Gasteiger partial charge in [0.1, 0.15) is 8.24 Å². The Hall–Kier alpha value is 0.177. The first kappa shape index (κ1) is 12.2. The van der Waals surface area contributed by atoms with Crippen LogP contribution in [-0.4, -0.2) is 14.3 Å². The molecule has 14 heavy (non-hydrogen) atoms. The van der Waals surface area contributed by atoms with Crippen molar-refractivity contribution in [1.82, 2.24) is 4.98 Å². The van der Waals surface area contributed by atoms with Gasteiger partial charge in [-0.3, -0.25) is 0 Å². The highest BCUT2D eigenvalue weighted by Gasteiger charge is 2.36. The maximum absolute atomic E-state index is 3.97. The highest BCUT2D eigenvalue weighted by molar-refractivity contribution is 6.77. The quantitative estimate of drug-likeness (QED) is 0.686. The fraction of sp³-hybridized carbons (Fsp3) is 1.00. The van der Waals surface area contributed by atoms with Crippen molar-refractivity contribution < 1.29 is 0 Å². The maximum Gasteiger partial charge on any atom is 0.125 e. The molecule has 1 aliphatic rings. The van der Waals surface area contributed by atoms with E-state index in [-0.39, 0.29) is 0 Å². The lowest BCUT2D eigenvalue weighted by atomic mass is 9.96. The maximum atomic E-state index is 3.97. The highest BCUT2D eigenvalue weighted by Crippen LogP contribution is 2.35. The van der Waals surface area contributed by atoms with Gasteiger partial charge in [-0.2, -0.15) is 0 Å². The zero-order chi connectivity index (χ0) is 10.8. The summed E-state index contributed by atoms with van der Waals surface area (Å²) in [7, 11) is -1.24.